The highest BCUT2D eigenvalue weighted by atomic mass is 16.5. The molecule has 15 heavy (non-hydrogen) atoms. The van der Waals surface area contributed by atoms with E-state index >= 15 is 0 Å². The number of hydrogen-bond donors (Lipinski definition) is 0. The minimum absolute atomic E-state index is 0.819. The Labute approximate surface area is 88.1 Å². The Kier molecular flexibility index (Phi) is 2.07. The fourth-order valence-electron chi connectivity index (χ4n) is 1.92. The summed E-state index contributed by atoms with van der Waals surface area (Å²) < 4.78 is 7.38. The summed E-state index contributed by atoms with van der Waals surface area (Å²) in [6.45, 7) is 3.58. The molecule has 0 amide bonds. The fourth-order valence-corrected chi connectivity index (χ4v) is 1.92. The second-order valence-corrected chi connectivity index (χ2v) is 3.68. The lowest BCUT2D eigenvalue weighted by atomic mass is 10.4. The van der Waals surface area contributed by atoms with Crippen LogP contribution in [-0.4, -0.2) is 35.7 Å². The van der Waals surface area contributed by atoms with Crippen molar-refractivity contribution in [1.82, 2.24) is 9.38 Å². The van der Waals surface area contributed by atoms with E-state index in [0.717, 1.165) is 32.0 Å². The predicted molar refractivity (Wildman–Crippen MR) is 58.2 cm³/mol. The zero-order valence-corrected chi connectivity index (χ0v) is 8.47. The maximum atomic E-state index is 5.33. The molecule has 78 valence electrons. The molecule has 1 aliphatic heterocycles. The third-order valence-electron chi connectivity index (χ3n) is 2.73. The molecule has 1 fully saturated rings. The van der Waals surface area contributed by atoms with E-state index in [1.54, 1.807) is 0 Å². The molecule has 0 N–H and O–H groups in total. The Morgan fingerprint density at radius 3 is 2.93 bits per heavy atom. The van der Waals surface area contributed by atoms with E-state index in [4.69, 9.17) is 4.74 Å². The van der Waals surface area contributed by atoms with E-state index in [1.165, 1.54) is 5.69 Å². The number of fused-ring (bicyclic) bond motifs is 1. The average Bonchev–Trinajstić information content (AvgIpc) is 2.74. The van der Waals surface area contributed by atoms with E-state index in [2.05, 4.69) is 22.1 Å². The maximum absolute atomic E-state index is 5.33. The van der Waals surface area contributed by atoms with Crippen LogP contribution < -0.4 is 4.90 Å². The standard InChI is InChI=1S/C11H13N3O/c1-2-12-11-8-10(9-14(11)3-1)13-4-6-15-7-5-13/h1-3,8-9H,4-7H2. The van der Waals surface area contributed by atoms with Gasteiger partial charge in [0.05, 0.1) is 18.9 Å². The predicted octanol–water partition coefficient (Wildman–Crippen LogP) is 1.17. The topological polar surface area (TPSA) is 29.8 Å². The lowest BCUT2D eigenvalue weighted by Gasteiger charge is -2.27. The van der Waals surface area contributed by atoms with Gasteiger partial charge in [-0.1, -0.05) is 0 Å². The molecule has 0 aliphatic carbocycles. The fraction of sp³-hybridized carbons (Fsp3) is 0.364. The maximum Gasteiger partial charge on any atom is 0.138 e. The Bertz CT molecular complexity index is 427. The molecule has 4 heteroatoms. The molecule has 1 aliphatic rings. The third-order valence-corrected chi connectivity index (χ3v) is 2.73. The lowest BCUT2D eigenvalue weighted by Crippen LogP contribution is -2.35. The van der Waals surface area contributed by atoms with Gasteiger partial charge in [0.2, 0.25) is 0 Å². The van der Waals surface area contributed by atoms with Crippen molar-refractivity contribution >= 4 is 11.3 Å². The highest BCUT2D eigenvalue weighted by Gasteiger charge is 2.12. The summed E-state index contributed by atoms with van der Waals surface area (Å²) >= 11 is 0. The first kappa shape index (κ1) is 8.73. The Morgan fingerprint density at radius 1 is 1.27 bits per heavy atom. The summed E-state index contributed by atoms with van der Waals surface area (Å²) in [7, 11) is 0. The zero-order valence-electron chi connectivity index (χ0n) is 8.47. The molecule has 2 aromatic heterocycles. The molecule has 0 bridgehead atoms. The molecule has 4 nitrogen and oxygen atoms in total. The molecule has 0 radical (unpaired) electrons. The minimum atomic E-state index is 0.819. The summed E-state index contributed by atoms with van der Waals surface area (Å²) in [5, 5.41) is 0. The van der Waals surface area contributed by atoms with Crippen molar-refractivity contribution in [3.05, 3.63) is 30.7 Å². The molecular weight excluding hydrogens is 190 g/mol. The van der Waals surface area contributed by atoms with Crippen LogP contribution in [0.25, 0.3) is 5.65 Å². The lowest BCUT2D eigenvalue weighted by molar-refractivity contribution is 0.122. The summed E-state index contributed by atoms with van der Waals surface area (Å²) in [5.74, 6) is 0. The van der Waals surface area contributed by atoms with Gasteiger partial charge >= 0.3 is 0 Å². The molecule has 0 unspecified atom stereocenters. The van der Waals surface area contributed by atoms with Crippen molar-refractivity contribution in [2.75, 3.05) is 31.2 Å². The van der Waals surface area contributed by atoms with Crippen LogP contribution in [0.3, 0.4) is 0 Å². The Morgan fingerprint density at radius 2 is 2.13 bits per heavy atom. The third kappa shape index (κ3) is 1.57. The first-order valence-electron chi connectivity index (χ1n) is 5.19. The highest BCUT2D eigenvalue weighted by Crippen LogP contribution is 2.18. The van der Waals surface area contributed by atoms with Crippen molar-refractivity contribution < 1.29 is 4.74 Å². The van der Waals surface area contributed by atoms with E-state index in [0.29, 0.717) is 0 Å². The SMILES string of the molecule is c1cnc2cc(N3CCOCC3)cn2c1. The van der Waals surface area contributed by atoms with Gasteiger partial charge in [0, 0.05) is 37.7 Å². The normalized spacial score (nSPS) is 17.2. The van der Waals surface area contributed by atoms with Crippen molar-refractivity contribution in [3.8, 4) is 0 Å². The van der Waals surface area contributed by atoms with Crippen LogP contribution in [0.15, 0.2) is 30.7 Å². The molecule has 0 aromatic carbocycles. The number of aromatic nitrogens is 2. The van der Waals surface area contributed by atoms with Gasteiger partial charge in [-0.3, -0.25) is 0 Å². The smallest absolute Gasteiger partial charge is 0.138 e. The highest BCUT2D eigenvalue weighted by molar-refractivity contribution is 5.57. The number of anilines is 1. The van der Waals surface area contributed by atoms with Crippen molar-refractivity contribution in [2.45, 2.75) is 0 Å². The molecule has 3 rings (SSSR count). The molecule has 1 saturated heterocycles. The Hall–Kier alpha value is -1.55. The second kappa shape index (κ2) is 3.55. The van der Waals surface area contributed by atoms with Gasteiger partial charge in [-0.25, -0.2) is 4.98 Å². The van der Waals surface area contributed by atoms with Gasteiger partial charge in [-0.05, 0) is 6.07 Å². The monoisotopic (exact) mass is 203 g/mol. The van der Waals surface area contributed by atoms with Gasteiger partial charge in [0.1, 0.15) is 5.65 Å². The average molecular weight is 203 g/mol. The number of nitrogens with zero attached hydrogens (tertiary/aromatic N) is 3. The van der Waals surface area contributed by atoms with Gasteiger partial charge in [0.15, 0.2) is 0 Å². The first-order chi connectivity index (χ1) is 7.43. The van der Waals surface area contributed by atoms with Crippen molar-refractivity contribution in [2.24, 2.45) is 0 Å². The molecule has 0 atom stereocenters. The van der Waals surface area contributed by atoms with Crippen LogP contribution in [-0.2, 0) is 4.74 Å². The van der Waals surface area contributed by atoms with Crippen molar-refractivity contribution in [1.29, 1.82) is 0 Å². The summed E-state index contributed by atoms with van der Waals surface area (Å²) in [6.07, 6.45) is 5.96. The number of rotatable bonds is 1. The molecule has 3 heterocycles. The van der Waals surface area contributed by atoms with Gasteiger partial charge in [-0.15, -0.1) is 0 Å². The Balaban J connectivity index is 1.96. The first-order valence-corrected chi connectivity index (χ1v) is 5.19. The van der Waals surface area contributed by atoms with Crippen LogP contribution in [0, 0.1) is 0 Å². The van der Waals surface area contributed by atoms with Crippen molar-refractivity contribution in [3.63, 3.8) is 0 Å². The largest absolute Gasteiger partial charge is 0.378 e. The number of morpholine rings is 1. The van der Waals surface area contributed by atoms with Gasteiger partial charge < -0.3 is 14.0 Å². The van der Waals surface area contributed by atoms with E-state index < -0.39 is 0 Å². The van der Waals surface area contributed by atoms with E-state index in [9.17, 15) is 0 Å². The van der Waals surface area contributed by atoms with Crippen LogP contribution in [0.4, 0.5) is 5.69 Å². The van der Waals surface area contributed by atoms with Crippen LogP contribution in [0.1, 0.15) is 0 Å². The van der Waals surface area contributed by atoms with Crippen LogP contribution >= 0.6 is 0 Å². The quantitative estimate of drug-likeness (QED) is 0.697. The summed E-state index contributed by atoms with van der Waals surface area (Å²) in [4.78, 5) is 6.63. The summed E-state index contributed by atoms with van der Waals surface area (Å²) in [5.41, 5.74) is 2.23. The number of ether oxygens (including phenoxy) is 1. The van der Waals surface area contributed by atoms with E-state index in [-0.39, 0.29) is 0 Å². The number of hydrogen-bond acceptors (Lipinski definition) is 3. The van der Waals surface area contributed by atoms with Gasteiger partial charge in [-0.2, -0.15) is 0 Å². The summed E-state index contributed by atoms with van der Waals surface area (Å²) in [6, 6.07) is 4.06. The minimum Gasteiger partial charge on any atom is -0.378 e. The van der Waals surface area contributed by atoms with E-state index in [1.807, 2.05) is 22.9 Å². The molecule has 0 saturated carbocycles. The van der Waals surface area contributed by atoms with Crippen LogP contribution in [0.5, 0.6) is 0 Å². The molecule has 2 aromatic rings. The molecule has 0 spiro atoms. The molecular formula is C11H13N3O. The second-order valence-electron chi connectivity index (χ2n) is 3.68. The van der Waals surface area contributed by atoms with Gasteiger partial charge in [0.25, 0.3) is 0 Å². The van der Waals surface area contributed by atoms with Crippen LogP contribution in [0.2, 0.25) is 0 Å². The zero-order chi connectivity index (χ0) is 10.1.